The van der Waals surface area contributed by atoms with Crippen LogP contribution in [0.1, 0.15) is 0 Å². The van der Waals surface area contributed by atoms with Crippen LogP contribution in [-0.2, 0) is 14.4 Å². The molecule has 0 aliphatic carbocycles. The number of rotatable bonds is 3. The quantitative estimate of drug-likeness (QED) is 0.840. The fraction of sp³-hybridized carbons (Fsp3) is 0.278. The average Bonchev–Trinajstić information content (AvgIpc) is 2.65. The fourth-order valence-electron chi connectivity index (χ4n) is 2.79. The van der Waals surface area contributed by atoms with Crippen molar-refractivity contribution in [1.82, 2.24) is 9.80 Å². The molecule has 0 saturated carbocycles. The molecule has 25 heavy (non-hydrogen) atoms. The largest absolute Gasteiger partial charge is 0.484 e. The van der Waals surface area contributed by atoms with Crippen molar-refractivity contribution < 1.29 is 24.2 Å². The van der Waals surface area contributed by atoms with E-state index in [0.29, 0.717) is 18.8 Å². The summed E-state index contributed by atoms with van der Waals surface area (Å²) in [7, 11) is 0. The molecule has 0 aromatic heterocycles. The maximum atomic E-state index is 12.2. The molecule has 0 atom stereocenters. The van der Waals surface area contributed by atoms with Crippen molar-refractivity contribution in [3.05, 3.63) is 42.5 Å². The molecule has 2 aromatic rings. The summed E-state index contributed by atoms with van der Waals surface area (Å²) in [6.45, 7) is 0.947. The minimum absolute atomic E-state index is 0.0920. The van der Waals surface area contributed by atoms with Crippen molar-refractivity contribution in [1.29, 1.82) is 0 Å². The van der Waals surface area contributed by atoms with Gasteiger partial charge in [-0.15, -0.1) is 0 Å². The Bertz CT molecular complexity index is 812. The van der Waals surface area contributed by atoms with Crippen molar-refractivity contribution in [2.45, 2.75) is 0 Å². The van der Waals surface area contributed by atoms with Crippen LogP contribution in [0.5, 0.6) is 5.75 Å². The van der Waals surface area contributed by atoms with Gasteiger partial charge in [-0.25, -0.2) is 4.79 Å². The van der Waals surface area contributed by atoms with Gasteiger partial charge in [0.2, 0.25) is 0 Å². The Hall–Kier alpha value is -3.09. The molecular weight excluding hydrogens is 324 g/mol. The molecule has 1 saturated heterocycles. The standard InChI is InChI=1S/C18H18N2O5/c21-16(19-7-9-20(10-8-19)17(22)18(23)24)12-25-15-6-5-13-3-1-2-4-14(13)11-15/h1-6,11H,7-10,12H2,(H,23,24). The zero-order chi connectivity index (χ0) is 17.8. The van der Waals surface area contributed by atoms with Gasteiger partial charge >= 0.3 is 11.9 Å². The van der Waals surface area contributed by atoms with Crippen LogP contribution < -0.4 is 4.74 Å². The highest BCUT2D eigenvalue weighted by Gasteiger charge is 2.27. The van der Waals surface area contributed by atoms with Gasteiger partial charge in [0.15, 0.2) is 6.61 Å². The lowest BCUT2D eigenvalue weighted by Crippen LogP contribution is -2.53. The van der Waals surface area contributed by atoms with Crippen molar-refractivity contribution in [2.75, 3.05) is 32.8 Å². The van der Waals surface area contributed by atoms with Gasteiger partial charge in [-0.3, -0.25) is 9.59 Å². The smallest absolute Gasteiger partial charge is 0.394 e. The lowest BCUT2D eigenvalue weighted by Gasteiger charge is -2.33. The third-order valence-corrected chi connectivity index (χ3v) is 4.19. The molecule has 1 aliphatic rings. The molecule has 7 heteroatoms. The number of ether oxygens (including phenoxy) is 1. The van der Waals surface area contributed by atoms with Crippen LogP contribution in [0.3, 0.4) is 0 Å². The highest BCUT2D eigenvalue weighted by molar-refractivity contribution is 6.31. The predicted octanol–water partition coefficient (Wildman–Crippen LogP) is 0.974. The number of aliphatic carboxylic acids is 1. The summed E-state index contributed by atoms with van der Waals surface area (Å²) in [4.78, 5) is 37.1. The second-order valence-corrected chi connectivity index (χ2v) is 5.78. The summed E-state index contributed by atoms with van der Waals surface area (Å²) >= 11 is 0. The van der Waals surface area contributed by atoms with Gasteiger partial charge in [0.1, 0.15) is 5.75 Å². The molecule has 2 amide bonds. The van der Waals surface area contributed by atoms with E-state index >= 15 is 0 Å². The van der Waals surface area contributed by atoms with Crippen molar-refractivity contribution in [3.63, 3.8) is 0 Å². The number of amides is 2. The molecule has 0 unspecified atom stereocenters. The Kier molecular flexibility index (Phi) is 4.83. The van der Waals surface area contributed by atoms with E-state index in [-0.39, 0.29) is 25.6 Å². The van der Waals surface area contributed by atoms with Gasteiger partial charge in [-0.05, 0) is 22.9 Å². The van der Waals surface area contributed by atoms with Gasteiger partial charge in [-0.2, -0.15) is 0 Å². The first-order valence-electron chi connectivity index (χ1n) is 7.96. The second kappa shape index (κ2) is 7.21. The van der Waals surface area contributed by atoms with Crippen LogP contribution >= 0.6 is 0 Å². The summed E-state index contributed by atoms with van der Waals surface area (Å²) in [6, 6.07) is 13.5. The second-order valence-electron chi connectivity index (χ2n) is 5.78. The normalized spacial score (nSPS) is 14.4. The molecule has 3 rings (SSSR count). The number of carbonyl (C=O) groups is 3. The van der Waals surface area contributed by atoms with Gasteiger partial charge < -0.3 is 19.6 Å². The molecule has 7 nitrogen and oxygen atoms in total. The van der Waals surface area contributed by atoms with Crippen LogP contribution in [0.4, 0.5) is 0 Å². The zero-order valence-electron chi connectivity index (χ0n) is 13.6. The molecule has 130 valence electrons. The SMILES string of the molecule is O=C(O)C(=O)N1CCN(C(=O)COc2ccc3ccccc3c2)CC1. The summed E-state index contributed by atoms with van der Waals surface area (Å²) in [5.41, 5.74) is 0. The molecule has 1 N–H and O–H groups in total. The van der Waals surface area contributed by atoms with E-state index in [9.17, 15) is 14.4 Å². The predicted molar refractivity (Wildman–Crippen MR) is 90.2 cm³/mol. The minimum atomic E-state index is -1.47. The van der Waals surface area contributed by atoms with Crippen molar-refractivity contribution >= 4 is 28.6 Å². The van der Waals surface area contributed by atoms with Gasteiger partial charge in [0, 0.05) is 26.2 Å². The van der Waals surface area contributed by atoms with Gasteiger partial charge in [-0.1, -0.05) is 30.3 Å². The topological polar surface area (TPSA) is 87.2 Å². The van der Waals surface area contributed by atoms with Crippen LogP contribution in [0.15, 0.2) is 42.5 Å². The Morgan fingerprint density at radius 1 is 0.920 bits per heavy atom. The zero-order valence-corrected chi connectivity index (χ0v) is 13.6. The number of carboxylic acid groups (broad SMARTS) is 1. The highest BCUT2D eigenvalue weighted by Crippen LogP contribution is 2.20. The molecule has 1 heterocycles. The van der Waals surface area contributed by atoms with E-state index in [1.165, 1.54) is 4.90 Å². The van der Waals surface area contributed by atoms with E-state index in [4.69, 9.17) is 9.84 Å². The summed E-state index contributed by atoms with van der Waals surface area (Å²) in [5, 5.41) is 10.8. The molecule has 0 bridgehead atoms. The van der Waals surface area contributed by atoms with E-state index in [1.54, 1.807) is 4.90 Å². The van der Waals surface area contributed by atoms with Crippen molar-refractivity contribution in [2.24, 2.45) is 0 Å². The third-order valence-electron chi connectivity index (χ3n) is 4.19. The molecule has 1 aliphatic heterocycles. The first kappa shape index (κ1) is 16.8. The first-order chi connectivity index (χ1) is 12.0. The maximum Gasteiger partial charge on any atom is 0.394 e. The summed E-state index contributed by atoms with van der Waals surface area (Å²) in [5.74, 6) is -1.97. The highest BCUT2D eigenvalue weighted by atomic mass is 16.5. The number of piperazine rings is 1. The average molecular weight is 342 g/mol. The van der Waals surface area contributed by atoms with Crippen LogP contribution in [0.2, 0.25) is 0 Å². The molecule has 0 radical (unpaired) electrons. The minimum Gasteiger partial charge on any atom is -0.484 e. The summed E-state index contributed by atoms with van der Waals surface area (Å²) < 4.78 is 5.58. The monoisotopic (exact) mass is 342 g/mol. The molecule has 2 aromatic carbocycles. The number of carboxylic acids is 1. The molecule has 1 fully saturated rings. The Balaban J connectivity index is 1.52. The van der Waals surface area contributed by atoms with E-state index in [1.807, 2.05) is 42.5 Å². The Labute approximate surface area is 144 Å². The van der Waals surface area contributed by atoms with Crippen LogP contribution in [0, 0.1) is 0 Å². The lowest BCUT2D eigenvalue weighted by atomic mass is 10.1. The van der Waals surface area contributed by atoms with Crippen molar-refractivity contribution in [3.8, 4) is 5.75 Å². The Morgan fingerprint density at radius 2 is 1.56 bits per heavy atom. The van der Waals surface area contributed by atoms with Crippen LogP contribution in [-0.4, -0.2) is 65.5 Å². The number of fused-ring (bicyclic) bond motifs is 1. The fourth-order valence-corrected chi connectivity index (χ4v) is 2.79. The number of nitrogens with zero attached hydrogens (tertiary/aromatic N) is 2. The number of benzene rings is 2. The maximum absolute atomic E-state index is 12.2. The number of carbonyl (C=O) groups excluding carboxylic acids is 2. The first-order valence-corrected chi connectivity index (χ1v) is 7.96. The van der Waals surface area contributed by atoms with E-state index in [2.05, 4.69) is 0 Å². The van der Waals surface area contributed by atoms with Crippen LogP contribution in [0.25, 0.3) is 10.8 Å². The number of hydrogen-bond donors (Lipinski definition) is 1. The molecule has 0 spiro atoms. The van der Waals surface area contributed by atoms with Gasteiger partial charge in [0.25, 0.3) is 5.91 Å². The Morgan fingerprint density at radius 3 is 2.24 bits per heavy atom. The van der Waals surface area contributed by atoms with E-state index < -0.39 is 11.9 Å². The van der Waals surface area contributed by atoms with Gasteiger partial charge in [0.05, 0.1) is 0 Å². The lowest BCUT2D eigenvalue weighted by molar-refractivity contribution is -0.157. The molecular formula is C18H18N2O5. The number of hydrogen-bond acceptors (Lipinski definition) is 4. The van der Waals surface area contributed by atoms with E-state index in [0.717, 1.165) is 10.8 Å². The third kappa shape index (κ3) is 3.88. The summed E-state index contributed by atoms with van der Waals surface area (Å²) in [6.07, 6.45) is 0.